The van der Waals surface area contributed by atoms with E-state index in [0.717, 1.165) is 28.2 Å². The number of carbonyl (C=O) groups is 1. The Hall–Kier alpha value is -3.47. The third-order valence-corrected chi connectivity index (χ3v) is 5.11. The zero-order chi connectivity index (χ0) is 20.8. The van der Waals surface area contributed by atoms with Crippen LogP contribution in [0.25, 0.3) is 0 Å². The van der Waals surface area contributed by atoms with Gasteiger partial charge in [-0.3, -0.25) is 4.79 Å². The van der Waals surface area contributed by atoms with E-state index in [-0.39, 0.29) is 12.8 Å². The lowest BCUT2D eigenvalue weighted by Crippen LogP contribution is -2.18. The summed E-state index contributed by atoms with van der Waals surface area (Å²) in [4.78, 5) is 12.9. The third-order valence-electron chi connectivity index (χ3n) is 5.11. The Bertz CT molecular complexity index is 946. The van der Waals surface area contributed by atoms with E-state index < -0.39 is 5.92 Å². The Morgan fingerprint density at radius 2 is 1.53 bits per heavy atom. The summed E-state index contributed by atoms with van der Waals surface area (Å²) >= 11 is 0. The number of fused-ring (bicyclic) bond motifs is 1. The van der Waals surface area contributed by atoms with Crippen LogP contribution in [-0.4, -0.2) is 26.5 Å². The molecule has 0 N–H and O–H groups in total. The Balaban J connectivity index is 1.40. The van der Waals surface area contributed by atoms with Crippen molar-refractivity contribution >= 4 is 5.97 Å². The van der Waals surface area contributed by atoms with Crippen molar-refractivity contribution in [3.8, 4) is 17.2 Å². The van der Waals surface area contributed by atoms with Gasteiger partial charge < -0.3 is 18.9 Å². The maximum atomic E-state index is 12.9. The minimum absolute atomic E-state index is 0.222. The van der Waals surface area contributed by atoms with Crippen molar-refractivity contribution in [3.63, 3.8) is 0 Å². The van der Waals surface area contributed by atoms with Crippen LogP contribution in [-0.2, 0) is 16.0 Å². The van der Waals surface area contributed by atoms with E-state index in [4.69, 9.17) is 18.9 Å². The van der Waals surface area contributed by atoms with Gasteiger partial charge in [0.2, 0.25) is 6.79 Å². The molecule has 0 radical (unpaired) electrons. The third kappa shape index (κ3) is 4.40. The second kappa shape index (κ2) is 9.35. The SMILES string of the molecule is COc1cc2c(cc1CCCOC(=O)C(c1ccccc1)c1ccccc1)OCO2. The first-order valence-corrected chi connectivity index (χ1v) is 9.99. The normalized spacial score (nSPS) is 12.1. The Morgan fingerprint density at radius 3 is 2.13 bits per heavy atom. The highest BCUT2D eigenvalue weighted by Crippen LogP contribution is 2.38. The first kappa shape index (κ1) is 19.8. The maximum absolute atomic E-state index is 12.9. The molecule has 0 saturated carbocycles. The van der Waals surface area contributed by atoms with Crippen LogP contribution in [0.5, 0.6) is 17.2 Å². The molecule has 1 heterocycles. The zero-order valence-corrected chi connectivity index (χ0v) is 16.9. The van der Waals surface area contributed by atoms with Crippen LogP contribution in [0, 0.1) is 0 Å². The summed E-state index contributed by atoms with van der Waals surface area (Å²) in [7, 11) is 1.63. The summed E-state index contributed by atoms with van der Waals surface area (Å²) in [6.45, 7) is 0.548. The second-order valence-electron chi connectivity index (χ2n) is 7.04. The molecule has 0 atom stereocenters. The molecule has 0 saturated heterocycles. The van der Waals surface area contributed by atoms with Crippen LogP contribution in [0.3, 0.4) is 0 Å². The summed E-state index contributed by atoms with van der Waals surface area (Å²) < 4.78 is 22.0. The van der Waals surface area contributed by atoms with Crippen LogP contribution in [0.2, 0.25) is 0 Å². The Morgan fingerprint density at radius 1 is 0.933 bits per heavy atom. The van der Waals surface area contributed by atoms with Gasteiger partial charge >= 0.3 is 5.97 Å². The van der Waals surface area contributed by atoms with Gasteiger partial charge in [0.25, 0.3) is 0 Å². The number of hydrogen-bond acceptors (Lipinski definition) is 5. The molecule has 0 aliphatic carbocycles. The molecule has 1 aliphatic rings. The fraction of sp³-hybridized carbons (Fsp3) is 0.240. The first-order chi connectivity index (χ1) is 14.8. The monoisotopic (exact) mass is 404 g/mol. The lowest BCUT2D eigenvalue weighted by molar-refractivity contribution is -0.144. The topological polar surface area (TPSA) is 54.0 Å². The van der Waals surface area contributed by atoms with Crippen molar-refractivity contribution in [2.24, 2.45) is 0 Å². The van der Waals surface area contributed by atoms with Gasteiger partial charge in [0.05, 0.1) is 13.7 Å². The van der Waals surface area contributed by atoms with Gasteiger partial charge in [-0.2, -0.15) is 0 Å². The van der Waals surface area contributed by atoms with Gasteiger partial charge in [0.1, 0.15) is 11.7 Å². The standard InChI is InChI=1S/C25H24O5/c1-27-21-16-23-22(29-17-30-23)15-20(21)13-8-14-28-25(26)24(18-9-4-2-5-10-18)19-11-6-3-7-12-19/h2-7,9-12,15-16,24H,8,13-14,17H2,1H3. The highest BCUT2D eigenvalue weighted by atomic mass is 16.7. The van der Waals surface area contributed by atoms with Crippen LogP contribution in [0.4, 0.5) is 0 Å². The average molecular weight is 404 g/mol. The highest BCUT2D eigenvalue weighted by Gasteiger charge is 2.24. The fourth-order valence-corrected chi connectivity index (χ4v) is 3.63. The van der Waals surface area contributed by atoms with Gasteiger partial charge in [-0.25, -0.2) is 0 Å². The summed E-state index contributed by atoms with van der Waals surface area (Å²) in [6, 6.07) is 23.2. The van der Waals surface area contributed by atoms with E-state index in [1.807, 2.05) is 72.8 Å². The molecule has 0 bridgehead atoms. The molecule has 0 amide bonds. The number of esters is 1. The van der Waals surface area contributed by atoms with Crippen LogP contribution >= 0.6 is 0 Å². The number of hydrogen-bond donors (Lipinski definition) is 0. The zero-order valence-electron chi connectivity index (χ0n) is 16.9. The van der Waals surface area contributed by atoms with Crippen molar-refractivity contribution < 1.29 is 23.7 Å². The van der Waals surface area contributed by atoms with E-state index >= 15 is 0 Å². The van der Waals surface area contributed by atoms with Crippen molar-refractivity contribution in [2.75, 3.05) is 20.5 Å². The van der Waals surface area contributed by atoms with Gasteiger partial charge in [-0.05, 0) is 35.6 Å². The summed E-state index contributed by atoms with van der Waals surface area (Å²) in [5, 5.41) is 0. The molecule has 0 aromatic heterocycles. The van der Waals surface area contributed by atoms with Crippen LogP contribution in [0.1, 0.15) is 29.0 Å². The fourth-order valence-electron chi connectivity index (χ4n) is 3.63. The van der Waals surface area contributed by atoms with E-state index in [0.29, 0.717) is 25.2 Å². The first-order valence-electron chi connectivity index (χ1n) is 9.99. The molecule has 5 heteroatoms. The molecule has 1 aliphatic heterocycles. The number of ether oxygens (including phenoxy) is 4. The van der Waals surface area contributed by atoms with Gasteiger partial charge in [-0.15, -0.1) is 0 Å². The molecule has 154 valence electrons. The molecule has 5 nitrogen and oxygen atoms in total. The molecule has 0 unspecified atom stereocenters. The van der Waals surface area contributed by atoms with E-state index in [9.17, 15) is 4.79 Å². The molecule has 0 spiro atoms. The lowest BCUT2D eigenvalue weighted by Gasteiger charge is -2.17. The molecule has 3 aromatic rings. The van der Waals surface area contributed by atoms with Crippen molar-refractivity contribution in [1.82, 2.24) is 0 Å². The Kier molecular flexibility index (Phi) is 6.18. The number of benzene rings is 3. The maximum Gasteiger partial charge on any atom is 0.317 e. The number of methoxy groups -OCH3 is 1. The van der Waals surface area contributed by atoms with E-state index in [1.54, 1.807) is 7.11 Å². The number of aryl methyl sites for hydroxylation is 1. The second-order valence-corrected chi connectivity index (χ2v) is 7.04. The van der Waals surface area contributed by atoms with Gasteiger partial charge in [0, 0.05) is 6.07 Å². The summed E-state index contributed by atoms with van der Waals surface area (Å²) in [5.74, 6) is 1.47. The van der Waals surface area contributed by atoms with Crippen molar-refractivity contribution in [1.29, 1.82) is 0 Å². The minimum atomic E-state index is -0.438. The smallest absolute Gasteiger partial charge is 0.317 e. The number of rotatable bonds is 8. The molecular formula is C25H24O5. The molecule has 3 aromatic carbocycles. The van der Waals surface area contributed by atoms with E-state index in [1.165, 1.54) is 0 Å². The molecular weight excluding hydrogens is 380 g/mol. The number of carbonyl (C=O) groups excluding carboxylic acids is 1. The average Bonchev–Trinajstić information content (AvgIpc) is 3.25. The van der Waals surface area contributed by atoms with E-state index in [2.05, 4.69) is 0 Å². The van der Waals surface area contributed by atoms with Crippen LogP contribution < -0.4 is 14.2 Å². The van der Waals surface area contributed by atoms with Gasteiger partial charge in [-0.1, -0.05) is 60.7 Å². The predicted octanol–water partition coefficient (Wildman–Crippen LogP) is 4.73. The summed E-state index contributed by atoms with van der Waals surface area (Å²) in [5.41, 5.74) is 2.85. The van der Waals surface area contributed by atoms with Crippen LogP contribution in [0.15, 0.2) is 72.8 Å². The van der Waals surface area contributed by atoms with Crippen molar-refractivity contribution in [3.05, 3.63) is 89.5 Å². The molecule has 0 fully saturated rings. The highest BCUT2D eigenvalue weighted by molar-refractivity contribution is 5.82. The summed E-state index contributed by atoms with van der Waals surface area (Å²) in [6.07, 6.45) is 1.38. The van der Waals surface area contributed by atoms with Crippen molar-refractivity contribution in [2.45, 2.75) is 18.8 Å². The van der Waals surface area contributed by atoms with Gasteiger partial charge in [0.15, 0.2) is 11.5 Å². The quantitative estimate of drug-likeness (QED) is 0.401. The molecule has 30 heavy (non-hydrogen) atoms. The predicted molar refractivity (Wildman–Crippen MR) is 113 cm³/mol. The molecule has 4 rings (SSSR count). The lowest BCUT2D eigenvalue weighted by atomic mass is 9.91. The Labute approximate surface area is 176 Å². The minimum Gasteiger partial charge on any atom is -0.496 e. The largest absolute Gasteiger partial charge is 0.496 e.